The number of H-pyrrole nitrogens is 1. The third kappa shape index (κ3) is 3.20. The standard InChI is InChI=1S/C18H20N2O7/c1-10-8-20(17(25)19-16(10)24)18(7-13(22)14(9-21)27-18)15(23)11-3-5-12(26-2)6-4-11/h3-6,8,13-14,21-22H,7,9H2,1-2H3,(H,19,24,25)/t13-,14+,18-/m0/s1. The first-order valence-electron chi connectivity index (χ1n) is 8.31. The molecule has 0 amide bonds. The molecule has 1 aromatic carbocycles. The summed E-state index contributed by atoms with van der Waals surface area (Å²) in [6.45, 7) is 0.950. The topological polar surface area (TPSA) is 131 Å². The average Bonchev–Trinajstić information content (AvgIpc) is 3.01. The Kier molecular flexibility index (Phi) is 5.01. The van der Waals surface area contributed by atoms with Gasteiger partial charge in [-0.2, -0.15) is 0 Å². The van der Waals surface area contributed by atoms with Crippen LogP contribution in [0.1, 0.15) is 22.3 Å². The Morgan fingerprint density at radius 3 is 2.59 bits per heavy atom. The number of carbonyl (C=O) groups is 1. The van der Waals surface area contributed by atoms with Crippen molar-refractivity contribution in [3.8, 4) is 5.75 Å². The largest absolute Gasteiger partial charge is 0.497 e. The SMILES string of the molecule is COc1ccc(C(=O)[C@]2(n3cc(C)c(=O)[nH]c3=O)C[C@H](O)[C@@H](CO)O2)cc1. The molecule has 1 aromatic heterocycles. The highest BCUT2D eigenvalue weighted by Gasteiger charge is 2.53. The number of aryl methyl sites for hydroxylation is 1. The highest BCUT2D eigenvalue weighted by Crippen LogP contribution is 2.37. The van der Waals surface area contributed by atoms with Crippen molar-refractivity contribution in [3.63, 3.8) is 0 Å². The number of ether oxygens (including phenoxy) is 2. The Labute approximate surface area is 153 Å². The van der Waals surface area contributed by atoms with Crippen LogP contribution in [0.25, 0.3) is 0 Å². The molecular weight excluding hydrogens is 356 g/mol. The highest BCUT2D eigenvalue weighted by atomic mass is 16.6. The van der Waals surface area contributed by atoms with Crippen LogP contribution in [-0.2, 0) is 10.5 Å². The molecule has 1 aliphatic heterocycles. The monoisotopic (exact) mass is 376 g/mol. The predicted octanol–water partition coefficient (Wildman–Crippen LogP) is -0.469. The number of aromatic nitrogens is 2. The van der Waals surface area contributed by atoms with E-state index in [2.05, 4.69) is 4.98 Å². The van der Waals surface area contributed by atoms with Crippen LogP contribution in [-0.4, -0.2) is 51.5 Å². The Balaban J connectivity index is 2.17. The van der Waals surface area contributed by atoms with Crippen LogP contribution in [0, 0.1) is 6.92 Å². The number of aromatic amines is 1. The molecule has 0 spiro atoms. The Bertz CT molecular complexity index is 963. The quantitative estimate of drug-likeness (QED) is 0.601. The highest BCUT2D eigenvalue weighted by molar-refractivity contribution is 6.01. The summed E-state index contributed by atoms with van der Waals surface area (Å²) in [5.41, 5.74) is -2.91. The van der Waals surface area contributed by atoms with Gasteiger partial charge in [0.2, 0.25) is 11.5 Å². The molecule has 2 aromatic rings. The summed E-state index contributed by atoms with van der Waals surface area (Å²) in [4.78, 5) is 39.6. The van der Waals surface area contributed by atoms with E-state index in [1.165, 1.54) is 32.4 Å². The van der Waals surface area contributed by atoms with Gasteiger partial charge in [-0.15, -0.1) is 0 Å². The predicted molar refractivity (Wildman–Crippen MR) is 93.9 cm³/mol. The van der Waals surface area contributed by atoms with Crippen molar-refractivity contribution in [3.05, 3.63) is 62.4 Å². The molecule has 1 saturated heterocycles. The summed E-state index contributed by atoms with van der Waals surface area (Å²) in [6, 6.07) is 6.18. The number of aliphatic hydroxyl groups is 2. The fourth-order valence-corrected chi connectivity index (χ4v) is 3.16. The number of hydrogen-bond acceptors (Lipinski definition) is 7. The zero-order valence-corrected chi connectivity index (χ0v) is 14.8. The third-order valence-electron chi connectivity index (χ3n) is 4.66. The number of Topliss-reactive ketones (excluding diaryl/α,β-unsaturated/α-hetero) is 1. The van der Waals surface area contributed by atoms with Crippen LogP contribution in [0.5, 0.6) is 5.75 Å². The van der Waals surface area contributed by atoms with Crippen molar-refractivity contribution >= 4 is 5.78 Å². The van der Waals surface area contributed by atoms with Crippen molar-refractivity contribution in [1.82, 2.24) is 9.55 Å². The Morgan fingerprint density at radius 1 is 1.37 bits per heavy atom. The summed E-state index contributed by atoms with van der Waals surface area (Å²) < 4.78 is 11.7. The second kappa shape index (κ2) is 7.10. The fraction of sp³-hybridized carbons (Fsp3) is 0.389. The fourth-order valence-electron chi connectivity index (χ4n) is 3.16. The number of nitrogens with one attached hydrogen (secondary N) is 1. The van der Waals surface area contributed by atoms with Crippen LogP contribution in [0.3, 0.4) is 0 Å². The summed E-state index contributed by atoms with van der Waals surface area (Å²) in [6.07, 6.45) is -1.26. The van der Waals surface area contributed by atoms with Gasteiger partial charge in [-0.3, -0.25) is 19.1 Å². The van der Waals surface area contributed by atoms with E-state index < -0.39 is 41.6 Å². The summed E-state index contributed by atoms with van der Waals surface area (Å²) in [7, 11) is 1.49. The number of carbonyl (C=O) groups excluding carboxylic acids is 1. The minimum absolute atomic E-state index is 0.196. The second-order valence-electron chi connectivity index (χ2n) is 6.39. The van der Waals surface area contributed by atoms with Gasteiger partial charge >= 0.3 is 5.69 Å². The average molecular weight is 376 g/mol. The maximum Gasteiger partial charge on any atom is 0.331 e. The molecule has 3 atom stereocenters. The van der Waals surface area contributed by atoms with Gasteiger partial charge in [0.05, 0.1) is 19.8 Å². The molecule has 0 bridgehead atoms. The first kappa shape index (κ1) is 19.0. The number of rotatable bonds is 5. The lowest BCUT2D eigenvalue weighted by Crippen LogP contribution is -2.50. The number of nitrogens with zero attached hydrogens (tertiary/aromatic N) is 1. The van der Waals surface area contributed by atoms with Gasteiger partial charge < -0.3 is 19.7 Å². The number of benzene rings is 1. The van der Waals surface area contributed by atoms with Gasteiger partial charge in [-0.1, -0.05) is 0 Å². The zero-order chi connectivity index (χ0) is 19.8. The lowest BCUT2D eigenvalue weighted by atomic mass is 9.96. The van der Waals surface area contributed by atoms with Gasteiger partial charge in [0.15, 0.2) is 0 Å². The van der Waals surface area contributed by atoms with E-state index >= 15 is 0 Å². The lowest BCUT2D eigenvalue weighted by molar-refractivity contribution is -0.0937. The molecule has 1 fully saturated rings. The van der Waals surface area contributed by atoms with Gasteiger partial charge in [0.1, 0.15) is 11.9 Å². The molecule has 0 aliphatic carbocycles. The van der Waals surface area contributed by atoms with Crippen molar-refractivity contribution in [2.45, 2.75) is 31.3 Å². The van der Waals surface area contributed by atoms with Crippen LogP contribution >= 0.6 is 0 Å². The van der Waals surface area contributed by atoms with Gasteiger partial charge in [0, 0.05) is 23.7 Å². The van der Waals surface area contributed by atoms with E-state index in [0.717, 1.165) is 4.57 Å². The van der Waals surface area contributed by atoms with Gasteiger partial charge in [0.25, 0.3) is 5.56 Å². The molecule has 9 nitrogen and oxygen atoms in total. The van der Waals surface area contributed by atoms with Gasteiger partial charge in [-0.05, 0) is 31.2 Å². The van der Waals surface area contributed by atoms with Crippen molar-refractivity contribution in [2.75, 3.05) is 13.7 Å². The third-order valence-corrected chi connectivity index (χ3v) is 4.66. The van der Waals surface area contributed by atoms with Crippen molar-refractivity contribution in [2.24, 2.45) is 0 Å². The first-order chi connectivity index (χ1) is 12.8. The van der Waals surface area contributed by atoms with E-state index in [0.29, 0.717) is 5.75 Å². The van der Waals surface area contributed by atoms with E-state index in [9.17, 15) is 24.6 Å². The lowest BCUT2D eigenvalue weighted by Gasteiger charge is -2.29. The smallest absolute Gasteiger partial charge is 0.331 e. The zero-order valence-electron chi connectivity index (χ0n) is 14.8. The van der Waals surface area contributed by atoms with Gasteiger partial charge in [-0.25, -0.2) is 4.79 Å². The van der Waals surface area contributed by atoms with E-state index in [1.54, 1.807) is 12.1 Å². The maximum atomic E-state index is 13.3. The van der Waals surface area contributed by atoms with E-state index in [-0.39, 0.29) is 17.5 Å². The number of ketones is 1. The van der Waals surface area contributed by atoms with Crippen LogP contribution < -0.4 is 16.0 Å². The molecule has 2 heterocycles. The summed E-state index contributed by atoms with van der Waals surface area (Å²) in [5.74, 6) is -0.0491. The van der Waals surface area contributed by atoms with Crippen molar-refractivity contribution < 1.29 is 24.5 Å². The first-order valence-corrected chi connectivity index (χ1v) is 8.31. The second-order valence-corrected chi connectivity index (χ2v) is 6.39. The molecule has 0 radical (unpaired) electrons. The number of aliphatic hydroxyl groups excluding tert-OH is 2. The molecule has 3 N–H and O–H groups in total. The normalized spacial score (nSPS) is 24.7. The molecule has 9 heteroatoms. The maximum absolute atomic E-state index is 13.3. The minimum atomic E-state index is -1.90. The molecule has 0 unspecified atom stereocenters. The van der Waals surface area contributed by atoms with Crippen molar-refractivity contribution in [1.29, 1.82) is 0 Å². The molecule has 0 saturated carbocycles. The van der Waals surface area contributed by atoms with Crippen LogP contribution in [0.4, 0.5) is 0 Å². The molecular formula is C18H20N2O7. The molecule has 1 aliphatic rings. The Hall–Kier alpha value is -2.75. The summed E-state index contributed by atoms with van der Waals surface area (Å²) in [5, 5.41) is 19.7. The van der Waals surface area contributed by atoms with E-state index in [1.807, 2.05) is 0 Å². The molecule has 3 rings (SSSR count). The Morgan fingerprint density at radius 2 is 2.04 bits per heavy atom. The van der Waals surface area contributed by atoms with E-state index in [4.69, 9.17) is 9.47 Å². The number of methoxy groups -OCH3 is 1. The van der Waals surface area contributed by atoms with Crippen LogP contribution in [0.15, 0.2) is 40.1 Å². The number of hydrogen-bond donors (Lipinski definition) is 3. The van der Waals surface area contributed by atoms with Crippen LogP contribution in [0.2, 0.25) is 0 Å². The summed E-state index contributed by atoms with van der Waals surface area (Å²) >= 11 is 0. The minimum Gasteiger partial charge on any atom is -0.497 e. The molecule has 27 heavy (non-hydrogen) atoms. The molecule has 144 valence electrons.